The maximum Gasteiger partial charge on any atom is 0.256 e. The average molecular weight is 377 g/mol. The molecule has 0 spiro atoms. The van der Waals surface area contributed by atoms with Crippen LogP contribution in [0.1, 0.15) is 46.9 Å². The average Bonchev–Trinajstić information content (AvgIpc) is 3.00. The zero-order valence-electron chi connectivity index (χ0n) is 16.1. The second-order valence-corrected chi connectivity index (χ2v) is 7.77. The lowest BCUT2D eigenvalue weighted by molar-refractivity contribution is -0.111. The summed E-state index contributed by atoms with van der Waals surface area (Å²) in [4.78, 5) is 28.2. The van der Waals surface area contributed by atoms with Gasteiger partial charge in [-0.15, -0.1) is 0 Å². The zero-order valence-corrected chi connectivity index (χ0v) is 16.1. The van der Waals surface area contributed by atoms with Crippen molar-refractivity contribution < 1.29 is 9.59 Å². The molecular formula is C23H27N3O2. The highest BCUT2D eigenvalue weighted by atomic mass is 16.2. The van der Waals surface area contributed by atoms with Crippen LogP contribution in [-0.4, -0.2) is 41.8 Å². The van der Waals surface area contributed by atoms with Crippen molar-refractivity contribution in [3.05, 3.63) is 71.3 Å². The van der Waals surface area contributed by atoms with Crippen molar-refractivity contribution in [2.75, 3.05) is 19.6 Å². The molecule has 4 rings (SSSR count). The van der Waals surface area contributed by atoms with E-state index in [4.69, 9.17) is 0 Å². The minimum atomic E-state index is -0.334. The van der Waals surface area contributed by atoms with Gasteiger partial charge in [-0.2, -0.15) is 0 Å². The van der Waals surface area contributed by atoms with Crippen molar-refractivity contribution in [2.45, 2.75) is 32.0 Å². The third-order valence-corrected chi connectivity index (χ3v) is 6.02. The Morgan fingerprint density at radius 1 is 1.00 bits per heavy atom. The predicted molar refractivity (Wildman–Crippen MR) is 108 cm³/mol. The number of carbonyl (C=O) groups is 2. The zero-order chi connectivity index (χ0) is 19.3. The van der Waals surface area contributed by atoms with E-state index >= 15 is 0 Å². The summed E-state index contributed by atoms with van der Waals surface area (Å²) in [6.45, 7) is 3.90. The first-order valence-electron chi connectivity index (χ1n) is 10.1. The Kier molecular flexibility index (Phi) is 5.72. The Hall–Kier alpha value is -2.66. The Labute approximate surface area is 166 Å². The Morgan fingerprint density at radius 2 is 1.71 bits per heavy atom. The molecule has 1 unspecified atom stereocenters. The lowest BCUT2D eigenvalue weighted by atomic mass is 9.93. The van der Waals surface area contributed by atoms with Gasteiger partial charge in [-0.05, 0) is 49.9 Å². The van der Waals surface area contributed by atoms with Crippen molar-refractivity contribution in [1.82, 2.24) is 15.1 Å². The van der Waals surface area contributed by atoms with Gasteiger partial charge in [0.25, 0.3) is 5.91 Å². The molecule has 0 aliphatic carbocycles. The lowest BCUT2D eigenvalue weighted by Gasteiger charge is -2.33. The van der Waals surface area contributed by atoms with Crippen molar-refractivity contribution in [1.29, 1.82) is 0 Å². The SMILES string of the molecule is O=CNC1c2ccccc2C(=O)N1CCC1CCN(Cc2ccccc2)CC1. The van der Waals surface area contributed by atoms with Gasteiger partial charge >= 0.3 is 0 Å². The second kappa shape index (κ2) is 8.57. The van der Waals surface area contributed by atoms with E-state index in [0.717, 1.165) is 44.5 Å². The summed E-state index contributed by atoms with van der Waals surface area (Å²) < 4.78 is 0. The standard InChI is InChI=1S/C23H27N3O2/c27-17-24-22-20-8-4-5-9-21(20)23(28)26(22)15-12-18-10-13-25(14-11-18)16-19-6-2-1-3-7-19/h1-9,17-18,22H,10-16H2,(H,24,27). The molecule has 0 saturated carbocycles. The quantitative estimate of drug-likeness (QED) is 0.754. The highest BCUT2D eigenvalue weighted by Gasteiger charge is 2.36. The first-order valence-corrected chi connectivity index (χ1v) is 10.1. The number of benzene rings is 2. The van der Waals surface area contributed by atoms with Gasteiger partial charge in [0.05, 0.1) is 0 Å². The number of nitrogens with zero attached hydrogens (tertiary/aromatic N) is 2. The van der Waals surface area contributed by atoms with Crippen LogP contribution in [0.3, 0.4) is 0 Å². The maximum atomic E-state index is 12.8. The summed E-state index contributed by atoms with van der Waals surface area (Å²) in [6.07, 6.45) is 3.66. The molecule has 146 valence electrons. The number of hydrogen-bond acceptors (Lipinski definition) is 3. The number of rotatable bonds is 7. The van der Waals surface area contributed by atoms with Gasteiger partial charge in [-0.3, -0.25) is 14.5 Å². The van der Waals surface area contributed by atoms with E-state index in [2.05, 4.69) is 40.5 Å². The van der Waals surface area contributed by atoms with Gasteiger partial charge in [0.15, 0.2) is 0 Å². The Morgan fingerprint density at radius 3 is 2.46 bits per heavy atom. The van der Waals surface area contributed by atoms with Crippen molar-refractivity contribution in [3.63, 3.8) is 0 Å². The van der Waals surface area contributed by atoms with E-state index in [9.17, 15) is 9.59 Å². The monoisotopic (exact) mass is 377 g/mol. The van der Waals surface area contributed by atoms with Crippen LogP contribution in [0.2, 0.25) is 0 Å². The van der Waals surface area contributed by atoms with Crippen LogP contribution < -0.4 is 5.32 Å². The van der Waals surface area contributed by atoms with Crippen LogP contribution in [0, 0.1) is 5.92 Å². The molecule has 2 amide bonds. The summed E-state index contributed by atoms with van der Waals surface area (Å²) in [5.74, 6) is 0.650. The smallest absolute Gasteiger partial charge is 0.256 e. The Bertz CT molecular complexity index is 816. The number of nitrogens with one attached hydrogen (secondary N) is 1. The topological polar surface area (TPSA) is 52.7 Å². The highest BCUT2D eigenvalue weighted by molar-refractivity contribution is 5.99. The summed E-state index contributed by atoms with van der Waals surface area (Å²) in [6, 6.07) is 18.2. The maximum absolute atomic E-state index is 12.8. The van der Waals surface area contributed by atoms with Gasteiger partial charge in [0.2, 0.25) is 6.41 Å². The number of carbonyl (C=O) groups excluding carboxylic acids is 2. The molecule has 2 aliphatic rings. The van der Waals surface area contributed by atoms with Crippen molar-refractivity contribution in [2.24, 2.45) is 5.92 Å². The van der Waals surface area contributed by atoms with Crippen LogP contribution in [0.4, 0.5) is 0 Å². The molecule has 2 aromatic carbocycles. The van der Waals surface area contributed by atoms with Gasteiger partial charge in [0, 0.05) is 24.2 Å². The molecule has 1 N–H and O–H groups in total. The molecule has 1 saturated heterocycles. The van der Waals surface area contributed by atoms with E-state index in [1.807, 2.05) is 29.2 Å². The number of hydrogen-bond donors (Lipinski definition) is 1. The molecule has 28 heavy (non-hydrogen) atoms. The van der Waals surface area contributed by atoms with Crippen molar-refractivity contribution in [3.8, 4) is 0 Å². The lowest BCUT2D eigenvalue weighted by Crippen LogP contribution is -2.39. The number of likely N-dealkylation sites (tertiary alicyclic amines) is 1. The van der Waals surface area contributed by atoms with Gasteiger partial charge < -0.3 is 10.2 Å². The molecule has 0 bridgehead atoms. The van der Waals surface area contributed by atoms with Crippen LogP contribution in [0.15, 0.2) is 54.6 Å². The minimum Gasteiger partial charge on any atom is -0.334 e. The second-order valence-electron chi connectivity index (χ2n) is 7.77. The highest BCUT2D eigenvalue weighted by Crippen LogP contribution is 2.32. The molecule has 1 atom stereocenters. The van der Waals surface area contributed by atoms with Crippen LogP contribution in [0.25, 0.3) is 0 Å². The molecule has 2 aromatic rings. The van der Waals surface area contributed by atoms with Gasteiger partial charge in [-0.25, -0.2) is 0 Å². The fourth-order valence-electron chi connectivity index (χ4n) is 4.44. The summed E-state index contributed by atoms with van der Waals surface area (Å²) in [7, 11) is 0. The summed E-state index contributed by atoms with van der Waals surface area (Å²) >= 11 is 0. The van der Waals surface area contributed by atoms with E-state index in [1.165, 1.54) is 5.56 Å². The molecule has 5 heteroatoms. The third-order valence-electron chi connectivity index (χ3n) is 6.02. The van der Waals surface area contributed by atoms with E-state index in [-0.39, 0.29) is 12.1 Å². The minimum absolute atomic E-state index is 0.0245. The number of amides is 2. The molecule has 0 aromatic heterocycles. The van der Waals surface area contributed by atoms with Crippen molar-refractivity contribution >= 4 is 12.3 Å². The van der Waals surface area contributed by atoms with Crippen LogP contribution >= 0.6 is 0 Å². The summed E-state index contributed by atoms with van der Waals surface area (Å²) in [5, 5.41) is 2.82. The van der Waals surface area contributed by atoms with E-state index in [0.29, 0.717) is 24.4 Å². The molecule has 2 heterocycles. The molecule has 5 nitrogen and oxygen atoms in total. The van der Waals surface area contributed by atoms with Crippen LogP contribution in [-0.2, 0) is 11.3 Å². The fourth-order valence-corrected chi connectivity index (χ4v) is 4.44. The molecule has 1 fully saturated rings. The predicted octanol–water partition coefficient (Wildman–Crippen LogP) is 3.19. The number of fused-ring (bicyclic) bond motifs is 1. The number of piperidine rings is 1. The van der Waals surface area contributed by atoms with Gasteiger partial charge in [-0.1, -0.05) is 48.5 Å². The summed E-state index contributed by atoms with van der Waals surface area (Å²) in [5.41, 5.74) is 2.97. The molecule has 0 radical (unpaired) electrons. The molecule has 2 aliphatic heterocycles. The van der Waals surface area contributed by atoms with Gasteiger partial charge in [0.1, 0.15) is 6.17 Å². The largest absolute Gasteiger partial charge is 0.334 e. The normalized spacial score (nSPS) is 20.2. The molecular weight excluding hydrogens is 350 g/mol. The first-order chi connectivity index (χ1) is 13.8. The first kappa shape index (κ1) is 18.7. The Balaban J connectivity index is 1.30. The fraction of sp³-hybridized carbons (Fsp3) is 0.391. The van der Waals surface area contributed by atoms with Crippen LogP contribution in [0.5, 0.6) is 0 Å². The third kappa shape index (κ3) is 3.94. The van der Waals surface area contributed by atoms with E-state index < -0.39 is 0 Å². The van der Waals surface area contributed by atoms with E-state index in [1.54, 1.807) is 0 Å².